The van der Waals surface area contributed by atoms with Gasteiger partial charge in [-0.25, -0.2) is 4.79 Å². The van der Waals surface area contributed by atoms with Crippen molar-refractivity contribution in [1.29, 1.82) is 0 Å². The third-order valence-electron chi connectivity index (χ3n) is 2.90. The zero-order valence-electron chi connectivity index (χ0n) is 11.4. The standard InChI is InChI=1S/C16H14N2O3/c1-18(13-7-3-2-4-8-13)16(21)15-12(6-5-11-17-15)9-10-14(19)20/h2-11H,1H3,(H,19,20)/b10-9+. The molecule has 0 saturated heterocycles. The van der Waals surface area contributed by atoms with Crippen LogP contribution >= 0.6 is 0 Å². The van der Waals surface area contributed by atoms with E-state index in [0.29, 0.717) is 5.56 Å². The first kappa shape index (κ1) is 14.5. The van der Waals surface area contributed by atoms with E-state index < -0.39 is 5.97 Å². The molecular formula is C16H14N2O3. The van der Waals surface area contributed by atoms with Crippen LogP contribution in [0.5, 0.6) is 0 Å². The number of hydrogen-bond donors (Lipinski definition) is 1. The van der Waals surface area contributed by atoms with Gasteiger partial charge >= 0.3 is 5.97 Å². The summed E-state index contributed by atoms with van der Waals surface area (Å²) in [5.41, 5.74) is 1.41. The van der Waals surface area contributed by atoms with Gasteiger partial charge in [0, 0.05) is 30.6 Å². The minimum atomic E-state index is -1.08. The molecule has 2 aromatic rings. The minimum absolute atomic E-state index is 0.210. The summed E-state index contributed by atoms with van der Waals surface area (Å²) in [4.78, 5) is 28.6. The summed E-state index contributed by atoms with van der Waals surface area (Å²) < 4.78 is 0. The predicted molar refractivity (Wildman–Crippen MR) is 80.1 cm³/mol. The number of carboxylic acids is 1. The number of para-hydroxylation sites is 1. The average Bonchev–Trinajstić information content (AvgIpc) is 2.52. The van der Waals surface area contributed by atoms with Crippen molar-refractivity contribution < 1.29 is 14.7 Å². The summed E-state index contributed by atoms with van der Waals surface area (Å²) in [7, 11) is 1.65. The first-order chi connectivity index (χ1) is 10.1. The molecule has 0 unspecified atom stereocenters. The number of amides is 1. The number of aromatic nitrogens is 1. The highest BCUT2D eigenvalue weighted by Crippen LogP contribution is 2.16. The van der Waals surface area contributed by atoms with Crippen molar-refractivity contribution in [3.05, 3.63) is 66.0 Å². The molecule has 5 nitrogen and oxygen atoms in total. The number of carbonyl (C=O) groups excluding carboxylic acids is 1. The predicted octanol–water partition coefficient (Wildman–Crippen LogP) is 2.46. The number of anilines is 1. The number of benzene rings is 1. The second-order valence-corrected chi connectivity index (χ2v) is 4.31. The van der Waals surface area contributed by atoms with Crippen LogP contribution in [0.1, 0.15) is 16.1 Å². The second-order valence-electron chi connectivity index (χ2n) is 4.31. The lowest BCUT2D eigenvalue weighted by atomic mass is 10.1. The van der Waals surface area contributed by atoms with E-state index in [4.69, 9.17) is 5.11 Å². The Kier molecular flexibility index (Phi) is 4.46. The largest absolute Gasteiger partial charge is 0.478 e. The molecule has 0 aliphatic rings. The van der Waals surface area contributed by atoms with Gasteiger partial charge in [0.25, 0.3) is 5.91 Å². The normalized spacial score (nSPS) is 10.5. The maximum absolute atomic E-state index is 12.5. The third-order valence-corrected chi connectivity index (χ3v) is 2.90. The van der Waals surface area contributed by atoms with E-state index in [1.165, 1.54) is 17.2 Å². The quantitative estimate of drug-likeness (QED) is 0.874. The second kappa shape index (κ2) is 6.47. The SMILES string of the molecule is CN(C(=O)c1ncccc1/C=C/C(=O)O)c1ccccc1. The number of pyridine rings is 1. The van der Waals surface area contributed by atoms with E-state index in [1.807, 2.05) is 30.3 Å². The van der Waals surface area contributed by atoms with E-state index in [2.05, 4.69) is 4.98 Å². The Morgan fingerprint density at radius 3 is 2.52 bits per heavy atom. The maximum atomic E-state index is 12.5. The van der Waals surface area contributed by atoms with E-state index >= 15 is 0 Å². The Hall–Kier alpha value is -2.95. The Morgan fingerprint density at radius 2 is 1.86 bits per heavy atom. The molecule has 0 aliphatic carbocycles. The molecule has 2 rings (SSSR count). The summed E-state index contributed by atoms with van der Waals surface area (Å²) in [6.07, 6.45) is 3.85. The molecule has 5 heteroatoms. The van der Waals surface area contributed by atoms with Crippen molar-refractivity contribution in [2.45, 2.75) is 0 Å². The summed E-state index contributed by atoms with van der Waals surface area (Å²) in [6, 6.07) is 12.5. The van der Waals surface area contributed by atoms with Crippen molar-refractivity contribution in [3.8, 4) is 0 Å². The van der Waals surface area contributed by atoms with Gasteiger partial charge in [-0.1, -0.05) is 24.3 Å². The van der Waals surface area contributed by atoms with E-state index in [0.717, 1.165) is 11.8 Å². The van der Waals surface area contributed by atoms with Gasteiger partial charge in [0.2, 0.25) is 0 Å². The molecule has 106 valence electrons. The lowest BCUT2D eigenvalue weighted by molar-refractivity contribution is -0.131. The Balaban J connectivity index is 2.33. The highest BCUT2D eigenvalue weighted by molar-refractivity contribution is 6.06. The maximum Gasteiger partial charge on any atom is 0.328 e. The van der Waals surface area contributed by atoms with Crippen molar-refractivity contribution in [2.24, 2.45) is 0 Å². The van der Waals surface area contributed by atoms with Crippen LogP contribution in [0.25, 0.3) is 6.08 Å². The summed E-state index contributed by atoms with van der Waals surface area (Å²) in [5, 5.41) is 8.69. The smallest absolute Gasteiger partial charge is 0.328 e. The molecular weight excluding hydrogens is 268 g/mol. The lowest BCUT2D eigenvalue weighted by Gasteiger charge is -2.17. The molecule has 0 radical (unpaired) electrons. The lowest BCUT2D eigenvalue weighted by Crippen LogP contribution is -2.27. The molecule has 0 fully saturated rings. The number of nitrogens with zero attached hydrogens (tertiary/aromatic N) is 2. The number of carbonyl (C=O) groups is 2. The summed E-state index contributed by atoms with van der Waals surface area (Å²) in [6.45, 7) is 0. The Bertz CT molecular complexity index is 681. The topological polar surface area (TPSA) is 70.5 Å². The van der Waals surface area contributed by atoms with Gasteiger partial charge in [0.05, 0.1) is 0 Å². The van der Waals surface area contributed by atoms with E-state index in [9.17, 15) is 9.59 Å². The van der Waals surface area contributed by atoms with Crippen molar-refractivity contribution in [2.75, 3.05) is 11.9 Å². The van der Waals surface area contributed by atoms with Crippen LogP contribution in [-0.4, -0.2) is 29.0 Å². The first-order valence-corrected chi connectivity index (χ1v) is 6.28. The summed E-state index contributed by atoms with van der Waals surface area (Å²) >= 11 is 0. The number of aliphatic carboxylic acids is 1. The molecule has 0 spiro atoms. The molecule has 0 bridgehead atoms. The summed E-state index contributed by atoms with van der Waals surface area (Å²) in [5.74, 6) is -1.37. The molecule has 1 heterocycles. The highest BCUT2D eigenvalue weighted by Gasteiger charge is 2.17. The number of rotatable bonds is 4. The molecule has 1 amide bonds. The molecule has 0 saturated carbocycles. The van der Waals surface area contributed by atoms with Crippen molar-refractivity contribution >= 4 is 23.6 Å². The van der Waals surface area contributed by atoms with Gasteiger partial charge in [0.1, 0.15) is 5.69 Å². The van der Waals surface area contributed by atoms with Crippen LogP contribution < -0.4 is 4.90 Å². The zero-order chi connectivity index (χ0) is 15.2. The monoisotopic (exact) mass is 282 g/mol. The Morgan fingerprint density at radius 1 is 1.14 bits per heavy atom. The van der Waals surface area contributed by atoms with Crippen LogP contribution in [-0.2, 0) is 4.79 Å². The average molecular weight is 282 g/mol. The van der Waals surface area contributed by atoms with Crippen LogP contribution in [0.4, 0.5) is 5.69 Å². The van der Waals surface area contributed by atoms with Gasteiger partial charge in [0.15, 0.2) is 0 Å². The van der Waals surface area contributed by atoms with Gasteiger partial charge in [-0.3, -0.25) is 9.78 Å². The molecule has 0 aliphatic heterocycles. The highest BCUT2D eigenvalue weighted by atomic mass is 16.4. The number of hydrogen-bond acceptors (Lipinski definition) is 3. The first-order valence-electron chi connectivity index (χ1n) is 6.28. The van der Waals surface area contributed by atoms with Gasteiger partial charge < -0.3 is 10.0 Å². The van der Waals surface area contributed by atoms with Crippen LogP contribution in [0.3, 0.4) is 0 Å². The van der Waals surface area contributed by atoms with Crippen LogP contribution in [0.15, 0.2) is 54.7 Å². The zero-order valence-corrected chi connectivity index (χ0v) is 11.4. The number of carboxylic acid groups (broad SMARTS) is 1. The molecule has 21 heavy (non-hydrogen) atoms. The third kappa shape index (κ3) is 3.54. The van der Waals surface area contributed by atoms with Crippen LogP contribution in [0.2, 0.25) is 0 Å². The molecule has 1 aromatic heterocycles. The Labute approximate surface area is 122 Å². The fourth-order valence-corrected chi connectivity index (χ4v) is 1.82. The van der Waals surface area contributed by atoms with Gasteiger partial charge in [-0.2, -0.15) is 0 Å². The molecule has 1 N–H and O–H groups in total. The van der Waals surface area contributed by atoms with E-state index in [1.54, 1.807) is 19.2 Å². The fraction of sp³-hybridized carbons (Fsp3) is 0.0625. The van der Waals surface area contributed by atoms with Gasteiger partial charge in [-0.15, -0.1) is 0 Å². The molecule has 0 atom stereocenters. The van der Waals surface area contributed by atoms with Crippen molar-refractivity contribution in [3.63, 3.8) is 0 Å². The molecule has 1 aromatic carbocycles. The fourth-order valence-electron chi connectivity index (χ4n) is 1.82. The van der Waals surface area contributed by atoms with Gasteiger partial charge in [-0.05, 0) is 24.3 Å². The van der Waals surface area contributed by atoms with Crippen LogP contribution in [0, 0.1) is 0 Å². The van der Waals surface area contributed by atoms with E-state index in [-0.39, 0.29) is 11.6 Å². The minimum Gasteiger partial charge on any atom is -0.478 e. The van der Waals surface area contributed by atoms with Crippen molar-refractivity contribution in [1.82, 2.24) is 4.98 Å².